The molecule has 0 saturated carbocycles. The van der Waals surface area contributed by atoms with Gasteiger partial charge in [0.1, 0.15) is 6.61 Å². The van der Waals surface area contributed by atoms with Crippen LogP contribution in [0.5, 0.6) is 11.5 Å². The van der Waals surface area contributed by atoms with Crippen molar-refractivity contribution >= 4 is 45.2 Å². The molecule has 0 aromatic heterocycles. The molecular weight excluding hydrogens is 433 g/mol. The zero-order valence-electron chi connectivity index (χ0n) is 13.2. The minimum absolute atomic E-state index is 0.264. The first-order valence-corrected chi connectivity index (χ1v) is 8.80. The fraction of sp³-hybridized carbons (Fsp3) is 0.176. The summed E-state index contributed by atoms with van der Waals surface area (Å²) >= 11 is 15.3. The first-order chi connectivity index (χ1) is 11.9. The second kappa shape index (κ2) is 9.08. The van der Waals surface area contributed by atoms with Crippen LogP contribution in [-0.4, -0.2) is 11.5 Å². The van der Waals surface area contributed by atoms with E-state index in [2.05, 4.69) is 15.9 Å². The maximum absolute atomic E-state index is 10.5. The van der Waals surface area contributed by atoms with Gasteiger partial charge in [-0.05, 0) is 58.2 Å². The number of hydrogen-bond donors (Lipinski definition) is 0. The molecule has 0 aliphatic rings. The van der Waals surface area contributed by atoms with Gasteiger partial charge in [-0.15, -0.1) is 0 Å². The number of ether oxygens (including phenoxy) is 2. The highest BCUT2D eigenvalue weighted by Gasteiger charge is 2.13. The lowest BCUT2D eigenvalue weighted by molar-refractivity contribution is -0.400. The largest absolute Gasteiger partial charge is 0.490 e. The molecule has 0 fully saturated rings. The van der Waals surface area contributed by atoms with Crippen LogP contribution >= 0.6 is 39.1 Å². The molecule has 2 aromatic rings. The summed E-state index contributed by atoms with van der Waals surface area (Å²) in [6.45, 7) is 2.54. The number of rotatable bonds is 7. The average Bonchev–Trinajstić information content (AvgIpc) is 2.55. The maximum atomic E-state index is 10.5. The van der Waals surface area contributed by atoms with Crippen molar-refractivity contribution in [2.24, 2.45) is 0 Å². The van der Waals surface area contributed by atoms with Crippen LogP contribution < -0.4 is 9.47 Å². The second-order valence-electron chi connectivity index (χ2n) is 4.90. The molecule has 0 N–H and O–H groups in total. The van der Waals surface area contributed by atoms with Gasteiger partial charge in [-0.1, -0.05) is 29.3 Å². The molecule has 0 aliphatic heterocycles. The molecule has 0 spiro atoms. The Hall–Kier alpha value is -1.76. The monoisotopic (exact) mass is 445 g/mol. The molecule has 2 rings (SSSR count). The molecule has 0 amide bonds. The quantitative estimate of drug-likeness (QED) is 0.387. The van der Waals surface area contributed by atoms with Gasteiger partial charge in [0.05, 0.1) is 26.0 Å². The Morgan fingerprint density at radius 1 is 1.20 bits per heavy atom. The zero-order valence-corrected chi connectivity index (χ0v) is 16.3. The lowest BCUT2D eigenvalue weighted by atomic mass is 10.2. The third kappa shape index (κ3) is 5.63. The van der Waals surface area contributed by atoms with Gasteiger partial charge in [0.2, 0.25) is 6.20 Å². The summed E-state index contributed by atoms with van der Waals surface area (Å²) in [7, 11) is 0. The molecule has 0 aliphatic carbocycles. The fourth-order valence-corrected chi connectivity index (χ4v) is 2.91. The van der Waals surface area contributed by atoms with Crippen molar-refractivity contribution in [1.29, 1.82) is 0 Å². The van der Waals surface area contributed by atoms with Crippen LogP contribution in [-0.2, 0) is 6.61 Å². The Kier molecular flexibility index (Phi) is 7.11. The smallest absolute Gasteiger partial charge is 0.235 e. The Bertz CT molecular complexity index is 811. The van der Waals surface area contributed by atoms with Gasteiger partial charge in [0.25, 0.3) is 0 Å². The van der Waals surface area contributed by atoms with E-state index < -0.39 is 4.92 Å². The second-order valence-corrected chi connectivity index (χ2v) is 6.57. The van der Waals surface area contributed by atoms with E-state index in [0.29, 0.717) is 38.2 Å². The van der Waals surface area contributed by atoms with Crippen LogP contribution in [0.1, 0.15) is 18.1 Å². The van der Waals surface area contributed by atoms with Crippen LogP contribution in [0.2, 0.25) is 10.0 Å². The fourth-order valence-electron chi connectivity index (χ4n) is 2.02. The Morgan fingerprint density at radius 3 is 2.60 bits per heavy atom. The minimum atomic E-state index is -0.525. The van der Waals surface area contributed by atoms with Crippen LogP contribution in [0.4, 0.5) is 0 Å². The summed E-state index contributed by atoms with van der Waals surface area (Å²) in [5.74, 6) is 0.992. The van der Waals surface area contributed by atoms with Gasteiger partial charge in [-0.3, -0.25) is 10.1 Å². The van der Waals surface area contributed by atoms with Crippen LogP contribution in [0, 0.1) is 10.1 Å². The molecule has 0 unspecified atom stereocenters. The third-order valence-electron chi connectivity index (χ3n) is 3.09. The Morgan fingerprint density at radius 2 is 1.96 bits per heavy atom. The summed E-state index contributed by atoms with van der Waals surface area (Å²) < 4.78 is 12.1. The summed E-state index contributed by atoms with van der Waals surface area (Å²) in [4.78, 5) is 9.95. The average molecular weight is 447 g/mol. The molecule has 0 bridgehead atoms. The van der Waals surface area contributed by atoms with E-state index in [1.54, 1.807) is 24.3 Å². The first-order valence-electron chi connectivity index (χ1n) is 7.25. The number of nitrogens with zero attached hydrogens (tertiary/aromatic N) is 1. The zero-order chi connectivity index (χ0) is 18.4. The van der Waals surface area contributed by atoms with Crippen molar-refractivity contribution in [2.75, 3.05) is 6.61 Å². The van der Waals surface area contributed by atoms with Crippen molar-refractivity contribution in [3.63, 3.8) is 0 Å². The molecule has 0 atom stereocenters. The number of nitro groups is 1. The SMILES string of the molecule is CCOc1cc(/C=C/[N+](=O)[O-])cc(Br)c1OCc1ccc(Cl)c(Cl)c1. The molecule has 0 heterocycles. The van der Waals surface area contributed by atoms with Crippen LogP contribution in [0.3, 0.4) is 0 Å². The van der Waals surface area contributed by atoms with E-state index in [9.17, 15) is 10.1 Å². The predicted molar refractivity (Wildman–Crippen MR) is 102 cm³/mol. The van der Waals surface area contributed by atoms with Gasteiger partial charge in [-0.25, -0.2) is 0 Å². The predicted octanol–water partition coefficient (Wildman–Crippen LogP) is 5.98. The van der Waals surface area contributed by atoms with Gasteiger partial charge in [0, 0.05) is 6.08 Å². The molecule has 5 nitrogen and oxygen atoms in total. The van der Waals surface area contributed by atoms with E-state index in [1.807, 2.05) is 13.0 Å². The lowest BCUT2D eigenvalue weighted by Gasteiger charge is -2.15. The topological polar surface area (TPSA) is 61.6 Å². The van der Waals surface area contributed by atoms with Crippen molar-refractivity contribution in [1.82, 2.24) is 0 Å². The minimum Gasteiger partial charge on any atom is -0.490 e. The molecule has 0 saturated heterocycles. The highest BCUT2D eigenvalue weighted by molar-refractivity contribution is 9.10. The molecule has 2 aromatic carbocycles. The van der Waals surface area contributed by atoms with E-state index in [1.165, 1.54) is 6.08 Å². The molecular formula is C17H14BrCl2NO4. The van der Waals surface area contributed by atoms with Gasteiger partial charge in [0.15, 0.2) is 11.5 Å². The number of halogens is 3. The van der Waals surface area contributed by atoms with Crippen LogP contribution in [0.15, 0.2) is 41.0 Å². The van der Waals surface area contributed by atoms with Crippen molar-refractivity contribution in [3.05, 3.63) is 72.3 Å². The standard InChI is InChI=1S/C17H14BrCl2NO4/c1-2-24-16-9-11(5-6-21(22)23)7-13(18)17(16)25-10-12-3-4-14(19)15(20)8-12/h3-9H,2,10H2,1H3/b6-5+. The molecule has 0 radical (unpaired) electrons. The summed E-state index contributed by atoms with van der Waals surface area (Å²) in [5.41, 5.74) is 1.47. The highest BCUT2D eigenvalue weighted by atomic mass is 79.9. The molecule has 8 heteroatoms. The third-order valence-corrected chi connectivity index (χ3v) is 4.42. The molecule has 25 heavy (non-hydrogen) atoms. The van der Waals surface area contributed by atoms with Crippen molar-refractivity contribution < 1.29 is 14.4 Å². The summed E-state index contributed by atoms with van der Waals surface area (Å²) in [6.07, 6.45) is 2.25. The molecule has 132 valence electrons. The Labute approximate surface area is 163 Å². The van der Waals surface area contributed by atoms with Gasteiger partial charge >= 0.3 is 0 Å². The summed E-state index contributed by atoms with van der Waals surface area (Å²) in [6, 6.07) is 8.64. The Balaban J connectivity index is 2.26. The normalized spacial score (nSPS) is 10.9. The maximum Gasteiger partial charge on any atom is 0.235 e. The van der Waals surface area contributed by atoms with E-state index >= 15 is 0 Å². The van der Waals surface area contributed by atoms with Gasteiger partial charge in [-0.2, -0.15) is 0 Å². The number of hydrogen-bond acceptors (Lipinski definition) is 4. The van der Waals surface area contributed by atoms with E-state index in [0.717, 1.165) is 11.8 Å². The number of benzene rings is 2. The van der Waals surface area contributed by atoms with Crippen molar-refractivity contribution in [2.45, 2.75) is 13.5 Å². The highest BCUT2D eigenvalue weighted by Crippen LogP contribution is 2.38. The first kappa shape index (κ1) is 19.6. The van der Waals surface area contributed by atoms with Crippen LogP contribution in [0.25, 0.3) is 6.08 Å². The van der Waals surface area contributed by atoms with E-state index in [4.69, 9.17) is 32.7 Å². The van der Waals surface area contributed by atoms with Gasteiger partial charge < -0.3 is 9.47 Å². The van der Waals surface area contributed by atoms with Crippen molar-refractivity contribution in [3.8, 4) is 11.5 Å². The van der Waals surface area contributed by atoms with E-state index in [-0.39, 0.29) is 6.61 Å². The summed E-state index contributed by atoms with van der Waals surface area (Å²) in [5, 5.41) is 11.4. The lowest BCUT2D eigenvalue weighted by Crippen LogP contribution is -2.01.